The second kappa shape index (κ2) is 6.66. The highest BCUT2D eigenvalue weighted by molar-refractivity contribution is 7.99. The van der Waals surface area contributed by atoms with Crippen LogP contribution in [0.25, 0.3) is 0 Å². The number of aromatic nitrogens is 2. The third-order valence-electron chi connectivity index (χ3n) is 4.28. The van der Waals surface area contributed by atoms with Crippen molar-refractivity contribution in [3.8, 4) is 0 Å². The zero-order chi connectivity index (χ0) is 16.4. The Morgan fingerprint density at radius 1 is 1.35 bits per heavy atom. The van der Waals surface area contributed by atoms with Gasteiger partial charge in [-0.15, -0.1) is 11.8 Å². The maximum Gasteiger partial charge on any atom is 0.239 e. The van der Waals surface area contributed by atoms with Crippen LogP contribution in [-0.4, -0.2) is 34.5 Å². The molecule has 1 aliphatic heterocycles. The van der Waals surface area contributed by atoms with Crippen LogP contribution < -0.4 is 10.2 Å². The highest BCUT2D eigenvalue weighted by Gasteiger charge is 2.19. The molecule has 0 aliphatic carbocycles. The van der Waals surface area contributed by atoms with E-state index in [-0.39, 0.29) is 5.91 Å². The molecular formula is C17H22N4OS. The fourth-order valence-corrected chi connectivity index (χ4v) is 3.93. The van der Waals surface area contributed by atoms with Gasteiger partial charge in [0.1, 0.15) is 0 Å². The number of anilines is 1. The highest BCUT2D eigenvalue weighted by Crippen LogP contribution is 2.33. The second-order valence-corrected chi connectivity index (χ2v) is 6.92. The first-order valence-electron chi connectivity index (χ1n) is 7.79. The zero-order valence-corrected chi connectivity index (χ0v) is 14.6. The Hall–Kier alpha value is -1.95. The van der Waals surface area contributed by atoms with Crippen molar-refractivity contribution in [2.75, 3.05) is 23.7 Å². The Morgan fingerprint density at radius 3 is 2.87 bits per heavy atom. The van der Waals surface area contributed by atoms with Crippen LogP contribution in [0.1, 0.15) is 17.0 Å². The van der Waals surface area contributed by atoms with E-state index < -0.39 is 0 Å². The third kappa shape index (κ3) is 3.37. The summed E-state index contributed by atoms with van der Waals surface area (Å²) in [6, 6.07) is 8.28. The number of nitrogens with zero attached hydrogens (tertiary/aromatic N) is 3. The Morgan fingerprint density at radius 2 is 2.13 bits per heavy atom. The second-order valence-electron chi connectivity index (χ2n) is 5.79. The number of carbonyl (C=O) groups is 1. The van der Waals surface area contributed by atoms with Crippen molar-refractivity contribution in [3.05, 3.63) is 41.2 Å². The van der Waals surface area contributed by atoms with Crippen LogP contribution in [0.5, 0.6) is 0 Å². The third-order valence-corrected chi connectivity index (χ3v) is 5.32. The van der Waals surface area contributed by atoms with E-state index >= 15 is 0 Å². The maximum absolute atomic E-state index is 12.3. The molecule has 1 amide bonds. The first-order chi connectivity index (χ1) is 11.1. The fraction of sp³-hybridized carbons (Fsp3) is 0.412. The van der Waals surface area contributed by atoms with Crippen LogP contribution in [0.3, 0.4) is 0 Å². The quantitative estimate of drug-likeness (QED) is 0.934. The molecule has 1 aromatic heterocycles. The summed E-state index contributed by atoms with van der Waals surface area (Å²) in [4.78, 5) is 15.7. The predicted molar refractivity (Wildman–Crippen MR) is 93.9 cm³/mol. The van der Waals surface area contributed by atoms with Gasteiger partial charge in [-0.25, -0.2) is 0 Å². The topological polar surface area (TPSA) is 50.2 Å². The highest BCUT2D eigenvalue weighted by atomic mass is 32.2. The van der Waals surface area contributed by atoms with E-state index in [1.807, 2.05) is 49.5 Å². The Kier molecular flexibility index (Phi) is 4.61. The van der Waals surface area contributed by atoms with Crippen LogP contribution in [0, 0.1) is 13.8 Å². The average Bonchev–Trinajstić information content (AvgIpc) is 2.78. The van der Waals surface area contributed by atoms with Gasteiger partial charge in [0.15, 0.2) is 0 Å². The van der Waals surface area contributed by atoms with Gasteiger partial charge in [-0.2, -0.15) is 5.10 Å². The van der Waals surface area contributed by atoms with E-state index in [1.165, 1.54) is 4.90 Å². The molecule has 2 aromatic rings. The normalized spacial score (nSPS) is 13.8. The standard InChI is InChI=1S/C17H22N4OS/c1-12-14(13(2)20(3)19-12)10-18-17(22)11-21-8-9-23-16-7-5-4-6-15(16)21/h4-7H,8-11H2,1-3H3,(H,18,22). The van der Waals surface area contributed by atoms with Gasteiger partial charge in [-0.05, 0) is 26.0 Å². The minimum absolute atomic E-state index is 0.0503. The molecule has 0 radical (unpaired) electrons. The maximum atomic E-state index is 12.3. The summed E-state index contributed by atoms with van der Waals surface area (Å²) < 4.78 is 1.86. The Bertz CT molecular complexity index is 725. The molecule has 0 atom stereocenters. The first-order valence-corrected chi connectivity index (χ1v) is 8.77. The molecule has 0 saturated carbocycles. The zero-order valence-electron chi connectivity index (χ0n) is 13.8. The number of carbonyl (C=O) groups excluding carboxylic acids is 1. The van der Waals surface area contributed by atoms with Crippen molar-refractivity contribution in [3.63, 3.8) is 0 Å². The smallest absolute Gasteiger partial charge is 0.239 e. The van der Waals surface area contributed by atoms with Gasteiger partial charge < -0.3 is 10.2 Å². The number of fused-ring (bicyclic) bond motifs is 1. The summed E-state index contributed by atoms with van der Waals surface area (Å²) in [5.41, 5.74) is 4.34. The van der Waals surface area contributed by atoms with E-state index in [4.69, 9.17) is 0 Å². The van der Waals surface area contributed by atoms with Gasteiger partial charge in [0, 0.05) is 42.0 Å². The van der Waals surface area contributed by atoms with Crippen molar-refractivity contribution in [1.29, 1.82) is 0 Å². The molecule has 1 aliphatic rings. The SMILES string of the molecule is Cc1nn(C)c(C)c1CNC(=O)CN1CCSc2ccccc21. The van der Waals surface area contributed by atoms with Crippen LogP contribution in [0.15, 0.2) is 29.2 Å². The Balaban J connectivity index is 1.62. The van der Waals surface area contributed by atoms with Gasteiger partial charge >= 0.3 is 0 Å². The number of benzene rings is 1. The number of para-hydroxylation sites is 1. The fourth-order valence-electron chi connectivity index (χ4n) is 2.88. The lowest BCUT2D eigenvalue weighted by atomic mass is 10.2. The number of thioether (sulfide) groups is 1. The van der Waals surface area contributed by atoms with Crippen molar-refractivity contribution >= 4 is 23.4 Å². The van der Waals surface area contributed by atoms with Gasteiger partial charge in [-0.1, -0.05) is 12.1 Å². The molecule has 0 bridgehead atoms. The number of hydrogen-bond donors (Lipinski definition) is 1. The van der Waals surface area contributed by atoms with Crippen molar-refractivity contribution in [1.82, 2.24) is 15.1 Å². The van der Waals surface area contributed by atoms with E-state index in [0.29, 0.717) is 13.1 Å². The molecule has 3 rings (SSSR count). The van der Waals surface area contributed by atoms with E-state index in [1.54, 1.807) is 0 Å². The van der Waals surface area contributed by atoms with Gasteiger partial charge in [0.05, 0.1) is 17.9 Å². The molecule has 122 valence electrons. The first kappa shape index (κ1) is 15.9. The minimum Gasteiger partial charge on any atom is -0.360 e. The number of amides is 1. The molecule has 2 heterocycles. The molecule has 1 aromatic carbocycles. The van der Waals surface area contributed by atoms with Crippen molar-refractivity contribution in [2.45, 2.75) is 25.3 Å². The molecular weight excluding hydrogens is 308 g/mol. The minimum atomic E-state index is 0.0503. The predicted octanol–water partition coefficient (Wildman–Crippen LogP) is 2.27. The summed E-state index contributed by atoms with van der Waals surface area (Å²) in [5, 5.41) is 7.42. The van der Waals surface area contributed by atoms with E-state index in [9.17, 15) is 4.79 Å². The van der Waals surface area contributed by atoms with Crippen LogP contribution in [0.4, 0.5) is 5.69 Å². The lowest BCUT2D eigenvalue weighted by Crippen LogP contribution is -2.39. The molecule has 6 heteroatoms. The summed E-state index contributed by atoms with van der Waals surface area (Å²) in [6.07, 6.45) is 0. The summed E-state index contributed by atoms with van der Waals surface area (Å²) >= 11 is 1.85. The number of rotatable bonds is 4. The Labute approximate surface area is 141 Å². The molecule has 23 heavy (non-hydrogen) atoms. The average molecular weight is 330 g/mol. The molecule has 0 spiro atoms. The number of nitrogens with one attached hydrogen (secondary N) is 1. The van der Waals surface area contributed by atoms with Gasteiger partial charge in [0.25, 0.3) is 0 Å². The van der Waals surface area contributed by atoms with Crippen molar-refractivity contribution in [2.24, 2.45) is 7.05 Å². The number of hydrogen-bond acceptors (Lipinski definition) is 4. The lowest BCUT2D eigenvalue weighted by molar-refractivity contribution is -0.119. The van der Waals surface area contributed by atoms with Crippen molar-refractivity contribution < 1.29 is 4.79 Å². The number of aryl methyl sites for hydroxylation is 2. The summed E-state index contributed by atoms with van der Waals surface area (Å²) in [6.45, 7) is 5.84. The van der Waals surface area contributed by atoms with Gasteiger partial charge in [0.2, 0.25) is 5.91 Å². The molecule has 0 saturated heterocycles. The molecule has 0 unspecified atom stereocenters. The molecule has 1 N–H and O–H groups in total. The van der Waals surface area contributed by atoms with Gasteiger partial charge in [-0.3, -0.25) is 9.48 Å². The molecule has 0 fully saturated rings. The lowest BCUT2D eigenvalue weighted by Gasteiger charge is -2.30. The van der Waals surface area contributed by atoms with Crippen LogP contribution >= 0.6 is 11.8 Å². The van der Waals surface area contributed by atoms with E-state index in [0.717, 1.165) is 34.9 Å². The van der Waals surface area contributed by atoms with Crippen LogP contribution in [0.2, 0.25) is 0 Å². The summed E-state index contributed by atoms with van der Waals surface area (Å²) in [7, 11) is 1.93. The van der Waals surface area contributed by atoms with E-state index in [2.05, 4.69) is 27.4 Å². The monoisotopic (exact) mass is 330 g/mol. The van der Waals surface area contributed by atoms with Crippen LogP contribution in [-0.2, 0) is 18.4 Å². The molecule has 5 nitrogen and oxygen atoms in total. The largest absolute Gasteiger partial charge is 0.360 e. The summed E-state index contributed by atoms with van der Waals surface area (Å²) in [5.74, 6) is 1.07.